The highest BCUT2D eigenvalue weighted by molar-refractivity contribution is 5.96. The minimum absolute atomic E-state index is 0.361. The third-order valence-electron chi connectivity index (χ3n) is 4.28. The summed E-state index contributed by atoms with van der Waals surface area (Å²) in [5, 5.41) is 6.52. The van der Waals surface area contributed by atoms with E-state index in [0.29, 0.717) is 16.8 Å². The van der Waals surface area contributed by atoms with Gasteiger partial charge in [0.25, 0.3) is 0 Å². The first-order valence-corrected chi connectivity index (χ1v) is 9.90. The molecule has 0 saturated carbocycles. The zero-order valence-corrected chi connectivity index (χ0v) is 18.1. The van der Waals surface area contributed by atoms with Gasteiger partial charge in [0.2, 0.25) is 0 Å². The van der Waals surface area contributed by atoms with Crippen LogP contribution in [-0.2, 0) is 9.47 Å². The third kappa shape index (κ3) is 6.09. The molecule has 0 spiro atoms. The van der Waals surface area contributed by atoms with Crippen molar-refractivity contribution in [3.63, 3.8) is 0 Å². The maximum absolute atomic E-state index is 12.3. The zero-order chi connectivity index (χ0) is 22.4. The lowest BCUT2D eigenvalue weighted by Gasteiger charge is -2.19. The Kier molecular flexibility index (Phi) is 6.60. The summed E-state index contributed by atoms with van der Waals surface area (Å²) < 4.78 is 10.3. The van der Waals surface area contributed by atoms with Crippen molar-refractivity contribution in [3.8, 4) is 0 Å². The second kappa shape index (κ2) is 9.34. The molecule has 3 aromatic carbocycles. The molecule has 3 aromatic rings. The van der Waals surface area contributed by atoms with Gasteiger partial charge in [-0.3, -0.25) is 0 Å². The summed E-state index contributed by atoms with van der Waals surface area (Å²) in [6, 6.07) is 21.9. The smallest absolute Gasteiger partial charge is 0.339 e. The summed E-state index contributed by atoms with van der Waals surface area (Å²) in [5.41, 5.74) is 3.53. The molecule has 0 amide bonds. The molecule has 6 nitrogen and oxygen atoms in total. The number of ether oxygens (including phenoxy) is 2. The molecule has 0 aliphatic rings. The van der Waals surface area contributed by atoms with E-state index in [0.717, 1.165) is 17.1 Å². The molecule has 0 saturated heterocycles. The van der Waals surface area contributed by atoms with Gasteiger partial charge >= 0.3 is 11.9 Å². The molecule has 0 aromatic heterocycles. The predicted octanol–water partition coefficient (Wildman–Crippen LogP) is 5.92. The Morgan fingerprint density at radius 1 is 0.742 bits per heavy atom. The van der Waals surface area contributed by atoms with Crippen LogP contribution in [0.4, 0.5) is 22.7 Å². The molecule has 31 heavy (non-hydrogen) atoms. The number of nitrogens with one attached hydrogen (secondary N) is 2. The van der Waals surface area contributed by atoms with E-state index in [4.69, 9.17) is 9.47 Å². The molecule has 0 radical (unpaired) electrons. The van der Waals surface area contributed by atoms with Crippen molar-refractivity contribution in [1.29, 1.82) is 0 Å². The Labute approximate surface area is 182 Å². The number of methoxy groups -OCH3 is 1. The van der Waals surface area contributed by atoms with Crippen molar-refractivity contribution in [2.75, 3.05) is 17.7 Å². The fourth-order valence-corrected chi connectivity index (χ4v) is 2.90. The van der Waals surface area contributed by atoms with E-state index in [9.17, 15) is 9.59 Å². The highest BCUT2D eigenvalue weighted by Crippen LogP contribution is 2.25. The minimum atomic E-state index is -0.546. The maximum Gasteiger partial charge on any atom is 0.339 e. The molecule has 0 aliphatic heterocycles. The minimum Gasteiger partial charge on any atom is -0.465 e. The molecule has 0 fully saturated rings. The molecule has 3 rings (SSSR count). The lowest BCUT2D eigenvalue weighted by atomic mass is 10.1. The predicted molar refractivity (Wildman–Crippen MR) is 122 cm³/mol. The average Bonchev–Trinajstić information content (AvgIpc) is 2.74. The normalized spacial score (nSPS) is 10.8. The number of anilines is 4. The van der Waals surface area contributed by atoms with E-state index in [-0.39, 0.29) is 5.97 Å². The third-order valence-corrected chi connectivity index (χ3v) is 4.28. The molecule has 0 atom stereocenters. The summed E-state index contributed by atoms with van der Waals surface area (Å²) in [4.78, 5) is 24.2. The summed E-state index contributed by atoms with van der Waals surface area (Å²) in [7, 11) is 1.36. The first-order valence-electron chi connectivity index (χ1n) is 9.90. The largest absolute Gasteiger partial charge is 0.465 e. The van der Waals surface area contributed by atoms with E-state index in [1.807, 2.05) is 63.2 Å². The van der Waals surface area contributed by atoms with E-state index in [1.165, 1.54) is 7.11 Å². The van der Waals surface area contributed by atoms with Crippen LogP contribution < -0.4 is 10.6 Å². The molecule has 0 bridgehead atoms. The summed E-state index contributed by atoms with van der Waals surface area (Å²) >= 11 is 0. The first kappa shape index (κ1) is 21.9. The Morgan fingerprint density at radius 3 is 2.03 bits per heavy atom. The second-order valence-electron chi connectivity index (χ2n) is 7.95. The number of carbonyl (C=O) groups excluding carboxylic acids is 2. The van der Waals surface area contributed by atoms with Crippen LogP contribution in [0.3, 0.4) is 0 Å². The van der Waals surface area contributed by atoms with Gasteiger partial charge in [-0.2, -0.15) is 0 Å². The molecule has 0 aliphatic carbocycles. The van der Waals surface area contributed by atoms with E-state index in [2.05, 4.69) is 10.6 Å². The Hall–Kier alpha value is -3.80. The summed E-state index contributed by atoms with van der Waals surface area (Å²) in [6.45, 7) is 5.52. The van der Waals surface area contributed by atoms with Crippen molar-refractivity contribution in [2.45, 2.75) is 26.4 Å². The Bertz CT molecular complexity index is 1070. The topological polar surface area (TPSA) is 76.7 Å². The van der Waals surface area contributed by atoms with Crippen molar-refractivity contribution < 1.29 is 19.1 Å². The molecular weight excluding hydrogens is 392 g/mol. The fraction of sp³-hybridized carbons (Fsp3) is 0.200. The second-order valence-corrected chi connectivity index (χ2v) is 7.95. The van der Waals surface area contributed by atoms with Gasteiger partial charge in [0, 0.05) is 17.1 Å². The summed E-state index contributed by atoms with van der Waals surface area (Å²) in [5.74, 6) is -0.758. The number of para-hydroxylation sites is 1. The van der Waals surface area contributed by atoms with E-state index < -0.39 is 11.6 Å². The van der Waals surface area contributed by atoms with Crippen LogP contribution in [0.2, 0.25) is 0 Å². The van der Waals surface area contributed by atoms with Crippen LogP contribution in [0, 0.1) is 0 Å². The van der Waals surface area contributed by atoms with Gasteiger partial charge in [0.15, 0.2) is 0 Å². The van der Waals surface area contributed by atoms with Crippen molar-refractivity contribution in [2.24, 2.45) is 0 Å². The van der Waals surface area contributed by atoms with Crippen LogP contribution in [0.15, 0.2) is 72.8 Å². The Morgan fingerprint density at radius 2 is 1.39 bits per heavy atom. The molecule has 160 valence electrons. The SMILES string of the molecule is COC(=O)c1ccccc1Nc1ccc(Nc2cccc(C(=O)OC(C)(C)C)c2)cc1. The monoisotopic (exact) mass is 418 g/mol. The van der Waals surface area contributed by atoms with Crippen molar-refractivity contribution >= 4 is 34.7 Å². The first-order chi connectivity index (χ1) is 14.7. The highest BCUT2D eigenvalue weighted by atomic mass is 16.6. The average molecular weight is 418 g/mol. The number of carbonyl (C=O) groups is 2. The number of rotatable bonds is 6. The van der Waals surface area contributed by atoms with Gasteiger partial charge in [-0.05, 0) is 75.4 Å². The molecular formula is C25H26N2O4. The van der Waals surface area contributed by atoms with E-state index in [1.54, 1.807) is 30.3 Å². The van der Waals surface area contributed by atoms with Gasteiger partial charge in [0.1, 0.15) is 5.60 Å². The summed E-state index contributed by atoms with van der Waals surface area (Å²) in [6.07, 6.45) is 0. The quantitative estimate of drug-likeness (QED) is 0.484. The van der Waals surface area contributed by atoms with Crippen LogP contribution in [-0.4, -0.2) is 24.6 Å². The molecule has 0 unspecified atom stereocenters. The standard InChI is InChI=1S/C25H26N2O4/c1-25(2,3)31-23(28)17-8-7-9-20(16-17)26-18-12-14-19(15-13-18)27-22-11-6-5-10-21(22)24(29)30-4/h5-16,26-27H,1-4H3. The molecule has 6 heteroatoms. The van der Waals surface area contributed by atoms with Crippen LogP contribution in [0.5, 0.6) is 0 Å². The Balaban J connectivity index is 1.70. The van der Waals surface area contributed by atoms with Gasteiger partial charge in [-0.15, -0.1) is 0 Å². The van der Waals surface area contributed by atoms with E-state index >= 15 is 0 Å². The number of hydrogen-bond donors (Lipinski definition) is 2. The van der Waals surface area contributed by atoms with Gasteiger partial charge < -0.3 is 20.1 Å². The van der Waals surface area contributed by atoms with Crippen LogP contribution in [0.1, 0.15) is 41.5 Å². The lowest BCUT2D eigenvalue weighted by molar-refractivity contribution is 0.00693. The van der Waals surface area contributed by atoms with Gasteiger partial charge in [-0.25, -0.2) is 9.59 Å². The fourth-order valence-electron chi connectivity index (χ4n) is 2.90. The van der Waals surface area contributed by atoms with Crippen LogP contribution >= 0.6 is 0 Å². The molecule has 2 N–H and O–H groups in total. The molecule has 0 heterocycles. The van der Waals surface area contributed by atoms with Crippen molar-refractivity contribution in [1.82, 2.24) is 0 Å². The number of benzene rings is 3. The maximum atomic E-state index is 12.3. The van der Waals surface area contributed by atoms with Crippen molar-refractivity contribution in [3.05, 3.63) is 83.9 Å². The van der Waals surface area contributed by atoms with Crippen LogP contribution in [0.25, 0.3) is 0 Å². The lowest BCUT2D eigenvalue weighted by Crippen LogP contribution is -2.23. The zero-order valence-electron chi connectivity index (χ0n) is 18.1. The number of esters is 2. The highest BCUT2D eigenvalue weighted by Gasteiger charge is 2.18. The van der Waals surface area contributed by atoms with Gasteiger partial charge in [-0.1, -0.05) is 18.2 Å². The number of hydrogen-bond acceptors (Lipinski definition) is 6. The van der Waals surface area contributed by atoms with Gasteiger partial charge in [0.05, 0.1) is 23.9 Å².